The summed E-state index contributed by atoms with van der Waals surface area (Å²) < 4.78 is 3.11. The number of alkyl halides is 1. The number of halogens is 2. The van der Waals surface area contributed by atoms with E-state index in [1.807, 2.05) is 11.7 Å². The molecule has 1 aromatic rings. The minimum absolute atomic E-state index is 0.487. The van der Waals surface area contributed by atoms with Gasteiger partial charge in [0, 0.05) is 32.1 Å². The molecular formula is C12H21BrClN3. The Morgan fingerprint density at radius 1 is 1.47 bits per heavy atom. The number of hydrogen-bond donors (Lipinski definition) is 0. The molecule has 0 unspecified atom stereocenters. The first-order valence-corrected chi connectivity index (χ1v) is 7.34. The van der Waals surface area contributed by atoms with Gasteiger partial charge in [-0.3, -0.25) is 9.58 Å². The van der Waals surface area contributed by atoms with E-state index in [0.29, 0.717) is 11.9 Å². The molecule has 0 N–H and O–H groups in total. The van der Waals surface area contributed by atoms with Gasteiger partial charge in [-0.05, 0) is 36.2 Å². The molecule has 0 saturated heterocycles. The maximum atomic E-state index is 5.84. The molecule has 5 heteroatoms. The third kappa shape index (κ3) is 3.70. The third-order valence-electron chi connectivity index (χ3n) is 2.96. The van der Waals surface area contributed by atoms with E-state index in [1.54, 1.807) is 0 Å². The minimum atomic E-state index is 0.487. The van der Waals surface area contributed by atoms with Gasteiger partial charge in [0.2, 0.25) is 0 Å². The highest BCUT2D eigenvalue weighted by Crippen LogP contribution is 2.23. The SMILES string of the molecule is CCc1nn(C)c(CN(CCCl)C(C)C)c1Br. The second-order valence-electron chi connectivity index (χ2n) is 4.44. The molecule has 0 amide bonds. The lowest BCUT2D eigenvalue weighted by Crippen LogP contribution is -2.32. The van der Waals surface area contributed by atoms with Crippen LogP contribution in [-0.2, 0) is 20.0 Å². The molecule has 0 aromatic carbocycles. The highest BCUT2D eigenvalue weighted by molar-refractivity contribution is 9.10. The summed E-state index contributed by atoms with van der Waals surface area (Å²) >= 11 is 9.49. The fraction of sp³-hybridized carbons (Fsp3) is 0.750. The number of rotatable bonds is 6. The van der Waals surface area contributed by atoms with Crippen LogP contribution in [0.2, 0.25) is 0 Å². The maximum Gasteiger partial charge on any atom is 0.0767 e. The van der Waals surface area contributed by atoms with E-state index in [4.69, 9.17) is 11.6 Å². The van der Waals surface area contributed by atoms with Crippen LogP contribution in [0.25, 0.3) is 0 Å². The summed E-state index contributed by atoms with van der Waals surface area (Å²) in [5, 5.41) is 4.51. The first kappa shape index (κ1) is 15.0. The van der Waals surface area contributed by atoms with Crippen LogP contribution in [0.1, 0.15) is 32.2 Å². The molecule has 98 valence electrons. The molecule has 1 rings (SSSR count). The van der Waals surface area contributed by atoms with Crippen LogP contribution in [0, 0.1) is 0 Å². The van der Waals surface area contributed by atoms with E-state index in [-0.39, 0.29) is 0 Å². The Morgan fingerprint density at radius 2 is 2.12 bits per heavy atom. The van der Waals surface area contributed by atoms with Crippen LogP contribution in [0.3, 0.4) is 0 Å². The normalized spacial score (nSPS) is 11.8. The fourth-order valence-corrected chi connectivity index (χ4v) is 2.77. The van der Waals surface area contributed by atoms with E-state index < -0.39 is 0 Å². The predicted octanol–water partition coefficient (Wildman–Crippen LogP) is 3.19. The highest BCUT2D eigenvalue weighted by Gasteiger charge is 2.17. The fourth-order valence-electron chi connectivity index (χ4n) is 1.81. The van der Waals surface area contributed by atoms with E-state index in [1.165, 1.54) is 5.69 Å². The molecule has 0 aliphatic rings. The zero-order chi connectivity index (χ0) is 13.0. The van der Waals surface area contributed by atoms with Crippen LogP contribution in [0.5, 0.6) is 0 Å². The first-order chi connectivity index (χ1) is 8.01. The smallest absolute Gasteiger partial charge is 0.0767 e. The predicted molar refractivity (Wildman–Crippen MR) is 76.6 cm³/mol. The molecule has 1 aromatic heterocycles. The molecule has 0 atom stereocenters. The Labute approximate surface area is 117 Å². The van der Waals surface area contributed by atoms with Gasteiger partial charge in [0.05, 0.1) is 15.9 Å². The molecule has 17 heavy (non-hydrogen) atoms. The van der Waals surface area contributed by atoms with Crippen molar-refractivity contribution in [2.24, 2.45) is 7.05 Å². The van der Waals surface area contributed by atoms with E-state index >= 15 is 0 Å². The van der Waals surface area contributed by atoms with Gasteiger partial charge in [-0.25, -0.2) is 0 Å². The van der Waals surface area contributed by atoms with Crippen molar-refractivity contribution in [3.8, 4) is 0 Å². The molecular weight excluding hydrogens is 302 g/mol. The monoisotopic (exact) mass is 321 g/mol. The van der Waals surface area contributed by atoms with Crippen molar-refractivity contribution < 1.29 is 0 Å². The van der Waals surface area contributed by atoms with Crippen molar-refractivity contribution in [1.29, 1.82) is 0 Å². The van der Waals surface area contributed by atoms with Gasteiger partial charge in [0.15, 0.2) is 0 Å². The lowest BCUT2D eigenvalue weighted by atomic mass is 10.2. The van der Waals surface area contributed by atoms with Gasteiger partial charge in [-0.15, -0.1) is 11.6 Å². The lowest BCUT2D eigenvalue weighted by Gasteiger charge is -2.25. The second kappa shape index (κ2) is 6.76. The summed E-state index contributed by atoms with van der Waals surface area (Å²) in [6, 6.07) is 0.487. The number of nitrogens with zero attached hydrogens (tertiary/aromatic N) is 3. The van der Waals surface area contributed by atoms with Crippen molar-refractivity contribution in [3.05, 3.63) is 15.9 Å². The van der Waals surface area contributed by atoms with E-state index in [2.05, 4.69) is 46.7 Å². The van der Waals surface area contributed by atoms with E-state index in [9.17, 15) is 0 Å². The van der Waals surface area contributed by atoms with Crippen molar-refractivity contribution in [2.75, 3.05) is 12.4 Å². The molecule has 3 nitrogen and oxygen atoms in total. The highest BCUT2D eigenvalue weighted by atomic mass is 79.9. The summed E-state index contributed by atoms with van der Waals surface area (Å²) in [5.74, 6) is 0.661. The molecule has 1 heterocycles. The Hall–Kier alpha value is -0.0600. The number of aromatic nitrogens is 2. The number of aryl methyl sites for hydroxylation is 2. The van der Waals surface area contributed by atoms with Crippen LogP contribution >= 0.6 is 27.5 Å². The summed E-state index contributed by atoms with van der Waals surface area (Å²) in [6.07, 6.45) is 0.950. The summed E-state index contributed by atoms with van der Waals surface area (Å²) in [5.41, 5.74) is 2.35. The van der Waals surface area contributed by atoms with Crippen LogP contribution in [-0.4, -0.2) is 33.1 Å². The first-order valence-electron chi connectivity index (χ1n) is 6.01. The lowest BCUT2D eigenvalue weighted by molar-refractivity contribution is 0.220. The maximum absolute atomic E-state index is 5.84. The van der Waals surface area contributed by atoms with E-state index in [0.717, 1.165) is 29.7 Å². The molecule has 0 fully saturated rings. The Balaban J connectivity index is 2.88. The Bertz CT molecular complexity index is 363. The molecule has 0 saturated carbocycles. The number of hydrogen-bond acceptors (Lipinski definition) is 2. The largest absolute Gasteiger partial charge is 0.294 e. The van der Waals surface area contributed by atoms with Gasteiger partial charge in [0.1, 0.15) is 0 Å². The zero-order valence-corrected chi connectivity index (χ0v) is 13.3. The van der Waals surface area contributed by atoms with Crippen molar-refractivity contribution in [1.82, 2.24) is 14.7 Å². The summed E-state index contributed by atoms with van der Waals surface area (Å²) in [7, 11) is 2.00. The quantitative estimate of drug-likeness (QED) is 0.750. The second-order valence-corrected chi connectivity index (χ2v) is 5.61. The molecule has 0 bridgehead atoms. The molecule has 0 aliphatic heterocycles. The summed E-state index contributed by atoms with van der Waals surface area (Å²) in [6.45, 7) is 8.29. The van der Waals surface area contributed by atoms with Crippen molar-refractivity contribution in [3.63, 3.8) is 0 Å². The molecule has 0 spiro atoms. The average molecular weight is 323 g/mol. The molecule has 0 radical (unpaired) electrons. The van der Waals surface area contributed by atoms with Gasteiger partial charge in [-0.2, -0.15) is 5.10 Å². The van der Waals surface area contributed by atoms with Crippen molar-refractivity contribution in [2.45, 2.75) is 39.8 Å². The Morgan fingerprint density at radius 3 is 2.53 bits per heavy atom. The van der Waals surface area contributed by atoms with Crippen LogP contribution in [0.15, 0.2) is 4.47 Å². The zero-order valence-electron chi connectivity index (χ0n) is 11.0. The average Bonchev–Trinajstić information content (AvgIpc) is 2.55. The van der Waals surface area contributed by atoms with Crippen LogP contribution < -0.4 is 0 Å². The standard InChI is InChI=1S/C12H21BrClN3/c1-5-10-12(13)11(16(4)15-10)8-17(7-6-14)9(2)3/h9H,5-8H2,1-4H3. The van der Waals surface area contributed by atoms with Gasteiger partial charge in [-0.1, -0.05) is 6.92 Å². The topological polar surface area (TPSA) is 21.1 Å². The molecule has 0 aliphatic carbocycles. The van der Waals surface area contributed by atoms with Crippen LogP contribution in [0.4, 0.5) is 0 Å². The Kier molecular flexibility index (Phi) is 5.97. The summed E-state index contributed by atoms with van der Waals surface area (Å²) in [4.78, 5) is 2.36. The third-order valence-corrected chi connectivity index (χ3v) is 4.04. The minimum Gasteiger partial charge on any atom is -0.294 e. The van der Waals surface area contributed by atoms with Gasteiger partial charge < -0.3 is 0 Å². The van der Waals surface area contributed by atoms with Gasteiger partial charge >= 0.3 is 0 Å². The van der Waals surface area contributed by atoms with Crippen molar-refractivity contribution >= 4 is 27.5 Å². The van der Waals surface area contributed by atoms with Gasteiger partial charge in [0.25, 0.3) is 0 Å².